The number of aryl methyl sites for hydroxylation is 1. The maximum Gasteiger partial charge on any atom is 0.143 e. The van der Waals surface area contributed by atoms with E-state index in [1.165, 1.54) is 0 Å². The highest BCUT2D eigenvalue weighted by Crippen LogP contribution is 2.30. The first-order chi connectivity index (χ1) is 7.83. The Balaban J connectivity index is 2.73. The Hall–Kier alpha value is -0.930. The van der Waals surface area contributed by atoms with Gasteiger partial charge in [0.05, 0.1) is 18.4 Å². The monoisotopic (exact) mass is 257 g/mol. The van der Waals surface area contributed by atoms with Crippen LogP contribution in [0.5, 0.6) is 5.75 Å². The van der Waals surface area contributed by atoms with Crippen molar-refractivity contribution < 1.29 is 9.84 Å². The van der Waals surface area contributed by atoms with Crippen LogP contribution in [0, 0.1) is 6.92 Å². The zero-order valence-electron chi connectivity index (χ0n) is 10.8. The summed E-state index contributed by atoms with van der Waals surface area (Å²) in [6, 6.07) is 3.74. The molecule has 1 rings (SSSR count). The molecule has 0 aliphatic rings. The van der Waals surface area contributed by atoms with Crippen molar-refractivity contribution in [2.75, 3.05) is 19.0 Å². The molecule has 0 amide bonds. The molecule has 17 heavy (non-hydrogen) atoms. The van der Waals surface area contributed by atoms with Gasteiger partial charge in [-0.05, 0) is 38.8 Å². The molecular weight excluding hydrogens is 238 g/mol. The van der Waals surface area contributed by atoms with Crippen LogP contribution < -0.4 is 10.1 Å². The largest absolute Gasteiger partial charge is 0.495 e. The first-order valence-electron chi connectivity index (χ1n) is 5.64. The fourth-order valence-corrected chi connectivity index (χ4v) is 1.63. The Bertz CT molecular complexity index is 386. The van der Waals surface area contributed by atoms with E-state index < -0.39 is 5.60 Å². The molecule has 0 heterocycles. The van der Waals surface area contributed by atoms with Gasteiger partial charge in [0.15, 0.2) is 0 Å². The molecule has 0 atom stereocenters. The van der Waals surface area contributed by atoms with Crippen molar-refractivity contribution in [2.45, 2.75) is 32.8 Å². The highest BCUT2D eigenvalue weighted by Gasteiger charge is 2.12. The zero-order valence-corrected chi connectivity index (χ0v) is 11.6. The summed E-state index contributed by atoms with van der Waals surface area (Å²) >= 11 is 6.02. The second kappa shape index (κ2) is 5.61. The van der Waals surface area contributed by atoms with Gasteiger partial charge in [-0.3, -0.25) is 0 Å². The number of ether oxygens (including phenoxy) is 1. The van der Waals surface area contributed by atoms with Gasteiger partial charge in [-0.15, -0.1) is 0 Å². The van der Waals surface area contributed by atoms with Crippen LogP contribution in [0.25, 0.3) is 0 Å². The van der Waals surface area contributed by atoms with Crippen molar-refractivity contribution >= 4 is 17.3 Å². The number of halogens is 1. The minimum Gasteiger partial charge on any atom is -0.495 e. The number of nitrogens with one attached hydrogen (secondary N) is 1. The summed E-state index contributed by atoms with van der Waals surface area (Å²) in [5.41, 5.74) is 1.23. The summed E-state index contributed by atoms with van der Waals surface area (Å²) < 4.78 is 5.25. The van der Waals surface area contributed by atoms with Crippen LogP contribution in [0.15, 0.2) is 12.1 Å². The standard InChI is InChI=1S/C13H20ClNO2/c1-9-7-11(12(17-4)8-10(9)14)15-6-5-13(2,3)16/h7-8,15-16H,5-6H2,1-4H3. The van der Waals surface area contributed by atoms with E-state index in [0.29, 0.717) is 18.0 Å². The van der Waals surface area contributed by atoms with Crippen LogP contribution in [0.3, 0.4) is 0 Å². The van der Waals surface area contributed by atoms with Gasteiger partial charge in [0.2, 0.25) is 0 Å². The van der Waals surface area contributed by atoms with Crippen molar-refractivity contribution in [3.05, 3.63) is 22.7 Å². The molecule has 0 aromatic heterocycles. The Morgan fingerprint density at radius 2 is 2.06 bits per heavy atom. The van der Waals surface area contributed by atoms with E-state index in [2.05, 4.69) is 5.32 Å². The third-order valence-electron chi connectivity index (χ3n) is 2.53. The molecule has 0 radical (unpaired) electrons. The summed E-state index contributed by atoms with van der Waals surface area (Å²) in [6.07, 6.45) is 0.665. The molecule has 0 fully saturated rings. The number of hydrogen-bond acceptors (Lipinski definition) is 3. The lowest BCUT2D eigenvalue weighted by Gasteiger charge is -2.19. The van der Waals surface area contributed by atoms with Gasteiger partial charge in [0, 0.05) is 17.6 Å². The van der Waals surface area contributed by atoms with E-state index in [4.69, 9.17) is 16.3 Å². The summed E-state index contributed by atoms with van der Waals surface area (Å²) in [7, 11) is 1.61. The molecule has 0 bridgehead atoms. The lowest BCUT2D eigenvalue weighted by atomic mass is 10.1. The number of benzene rings is 1. The fourth-order valence-electron chi connectivity index (χ4n) is 1.47. The predicted octanol–water partition coefficient (Wildman–Crippen LogP) is 3.23. The minimum atomic E-state index is -0.665. The van der Waals surface area contributed by atoms with Gasteiger partial charge >= 0.3 is 0 Å². The molecule has 0 aliphatic heterocycles. The fraction of sp³-hybridized carbons (Fsp3) is 0.538. The van der Waals surface area contributed by atoms with Crippen molar-refractivity contribution in [1.82, 2.24) is 0 Å². The maximum atomic E-state index is 9.63. The highest BCUT2D eigenvalue weighted by molar-refractivity contribution is 6.31. The molecule has 1 aromatic carbocycles. The van der Waals surface area contributed by atoms with Gasteiger partial charge in [0.1, 0.15) is 5.75 Å². The van der Waals surface area contributed by atoms with Crippen LogP contribution in [0.1, 0.15) is 25.8 Å². The molecule has 4 heteroatoms. The first kappa shape index (κ1) is 14.1. The normalized spacial score (nSPS) is 11.4. The predicted molar refractivity (Wildman–Crippen MR) is 72.1 cm³/mol. The lowest BCUT2D eigenvalue weighted by Crippen LogP contribution is -2.22. The average molecular weight is 258 g/mol. The molecule has 96 valence electrons. The van der Waals surface area contributed by atoms with Gasteiger partial charge in [-0.25, -0.2) is 0 Å². The molecular formula is C13H20ClNO2. The van der Waals surface area contributed by atoms with Gasteiger partial charge in [-0.2, -0.15) is 0 Å². The van der Waals surface area contributed by atoms with Gasteiger partial charge in [-0.1, -0.05) is 11.6 Å². The minimum absolute atomic E-state index is 0.665. The second-order valence-electron chi connectivity index (χ2n) is 4.79. The smallest absolute Gasteiger partial charge is 0.143 e. The Morgan fingerprint density at radius 3 is 2.59 bits per heavy atom. The Kier molecular flexibility index (Phi) is 4.66. The van der Waals surface area contributed by atoms with E-state index in [9.17, 15) is 5.11 Å². The third kappa shape index (κ3) is 4.44. The van der Waals surface area contributed by atoms with E-state index >= 15 is 0 Å². The molecule has 0 unspecified atom stereocenters. The van der Waals surface area contributed by atoms with Gasteiger partial charge < -0.3 is 15.2 Å². The first-order valence-corrected chi connectivity index (χ1v) is 6.01. The van der Waals surface area contributed by atoms with Crippen LogP contribution in [0.2, 0.25) is 5.02 Å². The number of hydrogen-bond donors (Lipinski definition) is 2. The molecule has 3 nitrogen and oxygen atoms in total. The van der Waals surface area contributed by atoms with Crippen LogP contribution >= 0.6 is 11.6 Å². The Labute approximate surface area is 108 Å². The molecule has 0 aliphatic carbocycles. The topological polar surface area (TPSA) is 41.5 Å². The number of rotatable bonds is 5. The third-order valence-corrected chi connectivity index (χ3v) is 2.94. The molecule has 0 saturated carbocycles. The summed E-state index contributed by atoms with van der Waals surface area (Å²) in [5.74, 6) is 0.719. The Morgan fingerprint density at radius 1 is 1.41 bits per heavy atom. The average Bonchev–Trinajstić information content (AvgIpc) is 2.21. The maximum absolute atomic E-state index is 9.63. The van der Waals surface area contributed by atoms with Crippen molar-refractivity contribution in [1.29, 1.82) is 0 Å². The van der Waals surface area contributed by atoms with Crippen LogP contribution in [-0.2, 0) is 0 Å². The molecule has 0 saturated heterocycles. The van der Waals surface area contributed by atoms with Crippen molar-refractivity contribution in [3.63, 3.8) is 0 Å². The van der Waals surface area contributed by atoms with Crippen molar-refractivity contribution in [3.8, 4) is 5.75 Å². The SMILES string of the molecule is COc1cc(Cl)c(C)cc1NCCC(C)(C)O. The molecule has 1 aromatic rings. The molecule has 2 N–H and O–H groups in total. The van der Waals surface area contributed by atoms with E-state index in [-0.39, 0.29) is 0 Å². The molecule has 0 spiro atoms. The summed E-state index contributed by atoms with van der Waals surface area (Å²) in [4.78, 5) is 0. The zero-order chi connectivity index (χ0) is 13.1. The number of aliphatic hydroxyl groups is 1. The quantitative estimate of drug-likeness (QED) is 0.851. The van der Waals surface area contributed by atoms with Gasteiger partial charge in [0.25, 0.3) is 0 Å². The van der Waals surface area contributed by atoms with Crippen LogP contribution in [-0.4, -0.2) is 24.4 Å². The number of methoxy groups -OCH3 is 1. The lowest BCUT2D eigenvalue weighted by molar-refractivity contribution is 0.0748. The number of anilines is 1. The van der Waals surface area contributed by atoms with E-state index in [0.717, 1.165) is 17.0 Å². The summed E-state index contributed by atoms with van der Waals surface area (Å²) in [5, 5.41) is 13.6. The van der Waals surface area contributed by atoms with E-state index in [1.54, 1.807) is 27.0 Å². The highest BCUT2D eigenvalue weighted by atomic mass is 35.5. The second-order valence-corrected chi connectivity index (χ2v) is 5.20. The van der Waals surface area contributed by atoms with Crippen molar-refractivity contribution in [2.24, 2.45) is 0 Å². The van der Waals surface area contributed by atoms with E-state index in [1.807, 2.05) is 13.0 Å². The van der Waals surface area contributed by atoms with Crippen LogP contribution in [0.4, 0.5) is 5.69 Å². The summed E-state index contributed by atoms with van der Waals surface area (Å²) in [6.45, 7) is 6.21.